The molecule has 1 fully saturated rings. The number of benzene rings is 1. The lowest BCUT2D eigenvalue weighted by Crippen LogP contribution is -2.45. The van der Waals surface area contributed by atoms with Crippen molar-refractivity contribution in [2.45, 2.75) is 19.3 Å². The van der Waals surface area contributed by atoms with Crippen molar-refractivity contribution in [1.29, 1.82) is 0 Å². The Labute approximate surface area is 168 Å². The van der Waals surface area contributed by atoms with Gasteiger partial charge in [0.1, 0.15) is 6.54 Å². The van der Waals surface area contributed by atoms with E-state index in [1.54, 1.807) is 7.05 Å². The quantitative estimate of drug-likeness (QED) is 0.518. The number of halogens is 3. The number of nitrogens with one attached hydrogen (secondary N) is 2. The Morgan fingerprint density at radius 3 is 2.48 bits per heavy atom. The van der Waals surface area contributed by atoms with Crippen molar-refractivity contribution in [1.82, 2.24) is 20.4 Å². The second-order valence-corrected chi connectivity index (χ2v) is 6.80. The molecule has 1 heterocycles. The molecule has 0 unspecified atom stereocenters. The van der Waals surface area contributed by atoms with Crippen LogP contribution in [0.2, 0.25) is 0 Å². The zero-order valence-electron chi connectivity index (χ0n) is 16.8. The van der Waals surface area contributed by atoms with Crippen LogP contribution in [-0.2, 0) is 22.6 Å². The summed E-state index contributed by atoms with van der Waals surface area (Å²) in [5, 5.41) is 5.87. The van der Waals surface area contributed by atoms with Gasteiger partial charge >= 0.3 is 6.18 Å². The van der Waals surface area contributed by atoms with Crippen molar-refractivity contribution in [3.8, 4) is 0 Å². The minimum absolute atomic E-state index is 0.276. The predicted octanol–water partition coefficient (Wildman–Crippen LogP) is 1.20. The molecule has 0 atom stereocenters. The van der Waals surface area contributed by atoms with Crippen molar-refractivity contribution < 1.29 is 22.7 Å². The van der Waals surface area contributed by atoms with Crippen molar-refractivity contribution in [2.24, 2.45) is 4.99 Å². The van der Waals surface area contributed by atoms with Crippen LogP contribution in [0.5, 0.6) is 0 Å². The summed E-state index contributed by atoms with van der Waals surface area (Å²) in [5.74, 6) is -0.321. The first-order valence-corrected chi connectivity index (χ1v) is 9.40. The van der Waals surface area contributed by atoms with Gasteiger partial charge < -0.3 is 20.3 Å². The van der Waals surface area contributed by atoms with Crippen molar-refractivity contribution in [3.05, 3.63) is 35.4 Å². The number of amides is 1. The SMILES string of the molecule is CN=C(NCC(=O)N(C)CC(F)(F)F)NCc1ccccc1CN1CCOCC1. The molecule has 1 saturated heterocycles. The molecule has 1 aliphatic rings. The van der Waals surface area contributed by atoms with E-state index in [-0.39, 0.29) is 6.54 Å². The number of rotatable bonds is 7. The molecule has 7 nitrogen and oxygen atoms in total. The first kappa shape index (κ1) is 23.0. The van der Waals surface area contributed by atoms with E-state index >= 15 is 0 Å². The molecule has 0 radical (unpaired) electrons. The van der Waals surface area contributed by atoms with Gasteiger partial charge in [-0.15, -0.1) is 0 Å². The largest absolute Gasteiger partial charge is 0.406 e. The Bertz CT molecular complexity index is 691. The highest BCUT2D eigenvalue weighted by atomic mass is 19.4. The zero-order chi connectivity index (χ0) is 21.3. The van der Waals surface area contributed by atoms with E-state index < -0.39 is 18.6 Å². The molecule has 1 amide bonds. The lowest BCUT2D eigenvalue weighted by molar-refractivity contribution is -0.157. The summed E-state index contributed by atoms with van der Waals surface area (Å²) in [6, 6.07) is 8.02. The molecule has 0 spiro atoms. The van der Waals surface area contributed by atoms with Crippen LogP contribution in [0.15, 0.2) is 29.3 Å². The number of guanidine groups is 1. The summed E-state index contributed by atoms with van der Waals surface area (Å²) < 4.78 is 42.5. The Kier molecular flexibility index (Phi) is 8.71. The van der Waals surface area contributed by atoms with Gasteiger partial charge in [-0.2, -0.15) is 13.2 Å². The molecule has 29 heavy (non-hydrogen) atoms. The Balaban J connectivity index is 1.85. The number of carbonyl (C=O) groups excluding carboxylic acids is 1. The van der Waals surface area contributed by atoms with E-state index in [1.165, 1.54) is 5.56 Å². The summed E-state index contributed by atoms with van der Waals surface area (Å²) in [6.07, 6.45) is -4.42. The number of likely N-dealkylation sites (N-methyl/N-ethyl adjacent to an activating group) is 1. The van der Waals surface area contributed by atoms with Gasteiger partial charge in [-0.1, -0.05) is 24.3 Å². The van der Waals surface area contributed by atoms with Crippen LogP contribution in [0.3, 0.4) is 0 Å². The minimum atomic E-state index is -4.42. The molecule has 1 aromatic rings. The molecule has 0 aliphatic carbocycles. The minimum Gasteiger partial charge on any atom is -0.379 e. The van der Waals surface area contributed by atoms with Gasteiger partial charge in [0, 0.05) is 40.3 Å². The maximum atomic E-state index is 12.4. The Hall–Kier alpha value is -2.33. The molecule has 162 valence electrons. The normalized spacial score (nSPS) is 15.8. The second-order valence-electron chi connectivity index (χ2n) is 6.80. The van der Waals surface area contributed by atoms with E-state index in [0.29, 0.717) is 17.4 Å². The molecule has 0 saturated carbocycles. The zero-order valence-corrected chi connectivity index (χ0v) is 16.8. The van der Waals surface area contributed by atoms with Crippen molar-refractivity contribution in [3.63, 3.8) is 0 Å². The molecule has 2 N–H and O–H groups in total. The van der Waals surface area contributed by atoms with Crippen molar-refractivity contribution >= 4 is 11.9 Å². The van der Waals surface area contributed by atoms with Gasteiger partial charge in [-0.05, 0) is 11.1 Å². The highest BCUT2D eigenvalue weighted by molar-refractivity contribution is 5.86. The average molecular weight is 415 g/mol. The van der Waals surface area contributed by atoms with Crippen LogP contribution < -0.4 is 10.6 Å². The fourth-order valence-electron chi connectivity index (χ4n) is 2.94. The third kappa shape index (κ3) is 8.28. The van der Waals surface area contributed by atoms with E-state index in [1.807, 2.05) is 18.2 Å². The maximum absolute atomic E-state index is 12.4. The predicted molar refractivity (Wildman–Crippen MR) is 104 cm³/mol. The van der Waals surface area contributed by atoms with E-state index in [2.05, 4.69) is 26.6 Å². The number of morpholine rings is 1. The van der Waals surface area contributed by atoms with Crippen LogP contribution >= 0.6 is 0 Å². The topological polar surface area (TPSA) is 69.2 Å². The third-order valence-corrected chi connectivity index (χ3v) is 4.54. The fourth-order valence-corrected chi connectivity index (χ4v) is 2.94. The number of hydrogen-bond donors (Lipinski definition) is 2. The smallest absolute Gasteiger partial charge is 0.379 e. The van der Waals surface area contributed by atoms with E-state index in [9.17, 15) is 18.0 Å². The Morgan fingerprint density at radius 1 is 1.21 bits per heavy atom. The highest BCUT2D eigenvalue weighted by Gasteiger charge is 2.31. The number of nitrogens with zero attached hydrogens (tertiary/aromatic N) is 3. The van der Waals surface area contributed by atoms with Crippen LogP contribution in [0, 0.1) is 0 Å². The fraction of sp³-hybridized carbons (Fsp3) is 0.579. The first-order valence-electron chi connectivity index (χ1n) is 9.40. The van der Waals surface area contributed by atoms with Crippen LogP contribution in [-0.4, -0.2) is 81.3 Å². The average Bonchev–Trinajstić information content (AvgIpc) is 2.68. The Morgan fingerprint density at radius 2 is 1.86 bits per heavy atom. The van der Waals surface area contributed by atoms with Gasteiger partial charge in [0.2, 0.25) is 5.91 Å². The van der Waals surface area contributed by atoms with E-state index in [4.69, 9.17) is 4.74 Å². The van der Waals surface area contributed by atoms with Gasteiger partial charge in [0.25, 0.3) is 0 Å². The standard InChI is InChI=1S/C19H28F3N5O2/c1-23-18(25-12-17(28)26(2)14-19(20,21)22)24-11-15-5-3-4-6-16(15)13-27-7-9-29-10-8-27/h3-6H,7-14H2,1-2H3,(H2,23,24,25). The molecule has 10 heteroatoms. The molecular weight excluding hydrogens is 387 g/mol. The highest BCUT2D eigenvalue weighted by Crippen LogP contribution is 2.15. The number of aliphatic imine (C=N–C) groups is 1. The van der Waals surface area contributed by atoms with Crippen LogP contribution in [0.1, 0.15) is 11.1 Å². The lowest BCUT2D eigenvalue weighted by Gasteiger charge is -2.27. The molecule has 2 rings (SSSR count). The monoisotopic (exact) mass is 415 g/mol. The van der Waals surface area contributed by atoms with Crippen LogP contribution in [0.4, 0.5) is 13.2 Å². The maximum Gasteiger partial charge on any atom is 0.406 e. The second kappa shape index (κ2) is 11.0. The number of ether oxygens (including phenoxy) is 1. The van der Waals surface area contributed by atoms with Crippen molar-refractivity contribution in [2.75, 3.05) is 53.5 Å². The first-order chi connectivity index (χ1) is 13.8. The summed E-state index contributed by atoms with van der Waals surface area (Å²) in [7, 11) is 2.66. The lowest BCUT2D eigenvalue weighted by atomic mass is 10.1. The van der Waals surface area contributed by atoms with Gasteiger partial charge in [0.15, 0.2) is 5.96 Å². The molecule has 0 bridgehead atoms. The summed E-state index contributed by atoms with van der Waals surface area (Å²) in [6.45, 7) is 2.97. The summed E-state index contributed by atoms with van der Waals surface area (Å²) >= 11 is 0. The van der Waals surface area contributed by atoms with Crippen LogP contribution in [0.25, 0.3) is 0 Å². The number of hydrogen-bond acceptors (Lipinski definition) is 4. The summed E-state index contributed by atoms with van der Waals surface area (Å²) in [5.41, 5.74) is 2.26. The molecular formula is C19H28F3N5O2. The number of alkyl halides is 3. The van der Waals surface area contributed by atoms with Gasteiger partial charge in [0.05, 0.1) is 19.8 Å². The van der Waals surface area contributed by atoms with Gasteiger partial charge in [-0.3, -0.25) is 14.7 Å². The third-order valence-electron chi connectivity index (χ3n) is 4.54. The van der Waals surface area contributed by atoms with E-state index in [0.717, 1.165) is 45.5 Å². The molecule has 0 aromatic heterocycles. The molecule has 1 aliphatic heterocycles. The summed E-state index contributed by atoms with van der Waals surface area (Å²) in [4.78, 5) is 18.8. The van der Waals surface area contributed by atoms with Gasteiger partial charge in [-0.25, -0.2) is 0 Å². The molecule has 1 aromatic carbocycles. The number of carbonyl (C=O) groups is 1.